The molecule has 0 radical (unpaired) electrons. The Morgan fingerprint density at radius 2 is 0.865 bits per heavy atom. The van der Waals surface area contributed by atoms with Crippen molar-refractivity contribution in [2.75, 3.05) is 73.7 Å². The van der Waals surface area contributed by atoms with Gasteiger partial charge >= 0.3 is 26.1 Å². The summed E-state index contributed by atoms with van der Waals surface area (Å²) in [5.74, 6) is -0.576. The zero-order chi connectivity index (χ0) is 75.8. The summed E-state index contributed by atoms with van der Waals surface area (Å²) in [6, 6.07) is 0. The molecule has 22 heteroatoms. The summed E-state index contributed by atoms with van der Waals surface area (Å²) in [5.41, 5.74) is 0. The van der Waals surface area contributed by atoms with Gasteiger partial charge in [-0.05, 0) is 64.2 Å². The Kier molecular flexibility index (Phi) is 61.7. The SMILES string of the molecule is C=CCOC(=O)O[C@H](CCCCCCCCCCC)CCO[C@H]1C(O)O[C@H](CO[C@@H]2O[C@H](COC)[C@@H](OP(=O)(OCC=C)OCC=C)[C@H](OCC[C@@H](CCCCCCC)OC)[C@H]2OC(=O)CCCCCCCCCC=CCCCCCC)[C@@H](OC(=O)OCC=C)[C@@H]1OCCCCCCCCCCCC. The summed E-state index contributed by atoms with van der Waals surface area (Å²) in [5, 5.41) is 12.3. The number of phosphoric acid groups is 1. The number of phosphoric ester groups is 1. The zero-order valence-corrected chi connectivity index (χ0v) is 66.7. The van der Waals surface area contributed by atoms with Crippen molar-refractivity contribution in [2.24, 2.45) is 0 Å². The zero-order valence-electron chi connectivity index (χ0n) is 65.8. The highest BCUT2D eigenvalue weighted by Gasteiger charge is 2.55. The molecule has 0 aromatic carbocycles. The maximum absolute atomic E-state index is 14.8. The van der Waals surface area contributed by atoms with Crippen molar-refractivity contribution in [3.8, 4) is 0 Å². The lowest BCUT2D eigenvalue weighted by Crippen LogP contribution is -2.64. The number of allylic oxidation sites excluding steroid dienone is 2. The number of aliphatic hydroxyl groups excluding tert-OH is 1. The highest BCUT2D eigenvalue weighted by molar-refractivity contribution is 7.48. The lowest BCUT2D eigenvalue weighted by molar-refractivity contribution is -0.335. The highest BCUT2D eigenvalue weighted by atomic mass is 31.2. The van der Waals surface area contributed by atoms with Gasteiger partial charge in [-0.15, -0.1) is 13.2 Å². The molecule has 0 amide bonds. The summed E-state index contributed by atoms with van der Waals surface area (Å²) in [7, 11) is -1.39. The van der Waals surface area contributed by atoms with Crippen LogP contribution in [0.25, 0.3) is 0 Å². The molecule has 606 valence electrons. The Morgan fingerprint density at radius 3 is 1.38 bits per heavy atom. The Bertz CT molecular complexity index is 2170. The third-order valence-electron chi connectivity index (χ3n) is 18.9. The third kappa shape index (κ3) is 46.7. The first-order chi connectivity index (χ1) is 50.8. The molecule has 104 heavy (non-hydrogen) atoms. The number of aliphatic hydroxyl groups is 1. The number of esters is 1. The van der Waals surface area contributed by atoms with Crippen molar-refractivity contribution in [2.45, 2.75) is 371 Å². The number of hydrogen-bond acceptors (Lipinski definition) is 21. The largest absolute Gasteiger partial charge is 0.509 e. The molecule has 0 bridgehead atoms. The van der Waals surface area contributed by atoms with E-state index in [1.165, 1.54) is 121 Å². The topological polar surface area (TPSA) is 236 Å². The molecule has 0 aromatic heterocycles. The van der Waals surface area contributed by atoms with E-state index in [2.05, 4.69) is 66.2 Å². The Labute approximate surface area is 629 Å². The van der Waals surface area contributed by atoms with Crippen LogP contribution in [-0.2, 0) is 84.5 Å². The van der Waals surface area contributed by atoms with E-state index in [0.29, 0.717) is 25.7 Å². The van der Waals surface area contributed by atoms with Gasteiger partial charge in [0, 0.05) is 40.3 Å². The molecular formula is C82H147O21P. The van der Waals surface area contributed by atoms with Crippen LogP contribution in [0.4, 0.5) is 9.59 Å². The summed E-state index contributed by atoms with van der Waals surface area (Å²) >= 11 is 0. The number of carbonyl (C=O) groups excluding carboxylic acids is 3. The van der Waals surface area contributed by atoms with Crippen molar-refractivity contribution in [1.82, 2.24) is 0 Å². The first-order valence-corrected chi connectivity index (χ1v) is 42.3. The normalized spacial score (nSPS) is 21.1. The molecular weight excluding hydrogens is 1350 g/mol. The number of carbonyl (C=O) groups is 3. The van der Waals surface area contributed by atoms with Crippen LogP contribution in [0.3, 0.4) is 0 Å². The van der Waals surface area contributed by atoms with Crippen LogP contribution in [0.15, 0.2) is 62.8 Å². The minimum absolute atomic E-state index is 0.0190. The van der Waals surface area contributed by atoms with Gasteiger partial charge in [0.1, 0.15) is 55.9 Å². The summed E-state index contributed by atoms with van der Waals surface area (Å²) < 4.78 is 114. The van der Waals surface area contributed by atoms with Crippen molar-refractivity contribution in [3.05, 3.63) is 62.8 Å². The van der Waals surface area contributed by atoms with Gasteiger partial charge in [0.05, 0.1) is 39.1 Å². The number of ether oxygens (including phenoxy) is 13. The predicted octanol–water partition coefficient (Wildman–Crippen LogP) is 20.5. The van der Waals surface area contributed by atoms with Crippen LogP contribution >= 0.6 is 7.82 Å². The van der Waals surface area contributed by atoms with Crippen LogP contribution in [0, 0.1) is 0 Å². The Hall–Kier alpha value is -3.54. The molecule has 0 aromatic rings. The van der Waals surface area contributed by atoms with Crippen LogP contribution in [0.1, 0.15) is 297 Å². The molecule has 1 unspecified atom stereocenters. The van der Waals surface area contributed by atoms with Crippen LogP contribution in [0.5, 0.6) is 0 Å². The first kappa shape index (κ1) is 96.5. The van der Waals surface area contributed by atoms with Crippen LogP contribution < -0.4 is 0 Å². The van der Waals surface area contributed by atoms with Gasteiger partial charge in [-0.1, -0.05) is 270 Å². The predicted molar refractivity (Wildman–Crippen MR) is 411 cm³/mol. The Balaban J connectivity index is 2.71. The molecule has 21 nitrogen and oxygen atoms in total. The quantitative estimate of drug-likeness (QED) is 0.0196. The third-order valence-corrected chi connectivity index (χ3v) is 20.3. The van der Waals surface area contributed by atoms with Crippen molar-refractivity contribution in [3.63, 3.8) is 0 Å². The molecule has 0 saturated carbocycles. The van der Waals surface area contributed by atoms with Crippen molar-refractivity contribution in [1.29, 1.82) is 0 Å². The van der Waals surface area contributed by atoms with Gasteiger partial charge in [-0.2, -0.15) is 0 Å². The highest BCUT2D eigenvalue weighted by Crippen LogP contribution is 2.53. The molecule has 12 atom stereocenters. The van der Waals surface area contributed by atoms with E-state index in [9.17, 15) is 24.1 Å². The maximum Gasteiger partial charge on any atom is 0.509 e. The minimum Gasteiger partial charge on any atom is -0.454 e. The molecule has 2 fully saturated rings. The lowest BCUT2D eigenvalue weighted by Gasteiger charge is -2.47. The van der Waals surface area contributed by atoms with Gasteiger partial charge in [0.15, 0.2) is 24.8 Å². The molecule has 1 N–H and O–H groups in total. The monoisotopic (exact) mass is 1500 g/mol. The molecule has 2 saturated heterocycles. The fraction of sp³-hybridized carbons (Fsp3) is 0.841. The van der Waals surface area contributed by atoms with Gasteiger partial charge in [0.2, 0.25) is 0 Å². The van der Waals surface area contributed by atoms with Gasteiger partial charge in [0.25, 0.3) is 0 Å². The van der Waals surface area contributed by atoms with E-state index in [1.807, 2.05) is 0 Å². The van der Waals surface area contributed by atoms with E-state index in [4.69, 9.17) is 75.2 Å². The molecule has 2 rings (SSSR count). The second-order valence-corrected chi connectivity index (χ2v) is 29.5. The average Bonchev–Trinajstić information content (AvgIpc) is 0.780. The second-order valence-electron chi connectivity index (χ2n) is 27.8. The van der Waals surface area contributed by atoms with Crippen LogP contribution in [0.2, 0.25) is 0 Å². The Morgan fingerprint density at radius 1 is 0.433 bits per heavy atom. The van der Waals surface area contributed by atoms with Gasteiger partial charge in [-0.25, -0.2) is 14.2 Å². The van der Waals surface area contributed by atoms with E-state index < -0.39 is 100 Å². The van der Waals surface area contributed by atoms with E-state index in [0.717, 1.165) is 141 Å². The maximum atomic E-state index is 14.8. The van der Waals surface area contributed by atoms with Gasteiger partial charge < -0.3 is 66.7 Å². The molecule has 2 aliphatic rings. The minimum atomic E-state index is -4.52. The lowest BCUT2D eigenvalue weighted by atomic mass is 9.97. The summed E-state index contributed by atoms with van der Waals surface area (Å²) in [6.45, 7) is 22.6. The average molecular weight is 1500 g/mol. The van der Waals surface area contributed by atoms with Crippen molar-refractivity contribution < 1.29 is 99.2 Å². The number of rotatable bonds is 72. The molecule has 2 aliphatic heterocycles. The molecule has 0 spiro atoms. The van der Waals surface area contributed by atoms with Crippen LogP contribution in [-0.4, -0.2) is 171 Å². The first-order valence-electron chi connectivity index (χ1n) is 40.8. The standard InChI is InChI=1S/C82H147O21P/c1-11-19-23-27-30-33-35-36-37-38-39-41-44-48-52-56-72(83)101-78-76(91-64-57-68(89-10)54-50-46-26-22-14-4)74(103-104(87,96-61-17-7)97-62-18-8)70(66-88-9)100-80(78)95-67-71-73(102-82(86)94-60-16-6)75(90-63-53-49-45-42-34-31-28-24-20-12-2)77(79(84)99-71)92-65-58-69(98-81(85)93-59-15-5)55-51-47-43-40-32-29-25-21-13-3/h15-18,33,35,68-71,73-80,84H,5-8,11-14,19-32,34,36-67H2,1-4,9-10H3/t68-,69-,70-,71-,73-,74-,75+,76+,77-,78-,79?,80-/m1/s1. The van der Waals surface area contributed by atoms with E-state index >= 15 is 0 Å². The van der Waals surface area contributed by atoms with Gasteiger partial charge in [-0.3, -0.25) is 18.4 Å². The van der Waals surface area contributed by atoms with E-state index in [1.54, 1.807) is 7.11 Å². The summed E-state index contributed by atoms with van der Waals surface area (Å²) in [6.07, 6.45) is 36.2. The van der Waals surface area contributed by atoms with E-state index in [-0.39, 0.29) is 71.8 Å². The number of methoxy groups -OCH3 is 2. The number of unbranched alkanes of at least 4 members (excludes halogenated alkanes) is 32. The molecule has 0 aliphatic carbocycles. The second kappa shape index (κ2) is 66.4. The smallest absolute Gasteiger partial charge is 0.454 e. The fourth-order valence-electron chi connectivity index (χ4n) is 12.9. The fourth-order valence-corrected chi connectivity index (χ4v) is 14.2. The number of hydrogen-bond donors (Lipinski definition) is 1. The summed E-state index contributed by atoms with van der Waals surface area (Å²) in [4.78, 5) is 41.3. The van der Waals surface area contributed by atoms with Crippen molar-refractivity contribution >= 4 is 26.1 Å². The molecule has 2 heterocycles.